The Morgan fingerprint density at radius 3 is 2.53 bits per heavy atom. The SMILES string of the molecule is C[C@@H](O)CNC(=O)c1ccccc1C(F)(F)F. The topological polar surface area (TPSA) is 49.3 Å². The lowest BCUT2D eigenvalue weighted by atomic mass is 10.1. The van der Waals surface area contributed by atoms with Crippen LogP contribution in [0.25, 0.3) is 0 Å². The number of carbonyl (C=O) groups is 1. The minimum atomic E-state index is -4.57. The molecule has 1 rings (SSSR count). The van der Waals surface area contributed by atoms with Crippen LogP contribution in [0.4, 0.5) is 13.2 Å². The summed E-state index contributed by atoms with van der Waals surface area (Å²) in [5, 5.41) is 11.2. The predicted octanol–water partition coefficient (Wildman–Crippen LogP) is 1.82. The Kier molecular flexibility index (Phi) is 4.11. The third-order valence-electron chi connectivity index (χ3n) is 2.04. The maximum atomic E-state index is 12.6. The highest BCUT2D eigenvalue weighted by Crippen LogP contribution is 2.31. The second-order valence-corrected chi connectivity index (χ2v) is 3.60. The van der Waals surface area contributed by atoms with Crippen molar-refractivity contribution in [2.75, 3.05) is 6.54 Å². The van der Waals surface area contributed by atoms with E-state index in [1.54, 1.807) is 0 Å². The van der Waals surface area contributed by atoms with Gasteiger partial charge in [0.2, 0.25) is 0 Å². The lowest BCUT2D eigenvalue weighted by Gasteiger charge is -2.13. The zero-order valence-corrected chi connectivity index (χ0v) is 9.08. The maximum absolute atomic E-state index is 12.6. The molecular weight excluding hydrogens is 235 g/mol. The van der Waals surface area contributed by atoms with Gasteiger partial charge in [0.05, 0.1) is 17.2 Å². The van der Waals surface area contributed by atoms with Crippen LogP contribution in [0.5, 0.6) is 0 Å². The van der Waals surface area contributed by atoms with Crippen LogP contribution in [-0.2, 0) is 6.18 Å². The first kappa shape index (κ1) is 13.5. The first-order valence-electron chi connectivity index (χ1n) is 4.95. The third kappa shape index (κ3) is 3.74. The highest BCUT2D eigenvalue weighted by atomic mass is 19.4. The second-order valence-electron chi connectivity index (χ2n) is 3.60. The van der Waals surface area contributed by atoms with Gasteiger partial charge in [-0.1, -0.05) is 12.1 Å². The van der Waals surface area contributed by atoms with Crippen LogP contribution in [0, 0.1) is 0 Å². The number of aliphatic hydroxyl groups excluding tert-OH is 1. The van der Waals surface area contributed by atoms with Crippen LogP contribution in [0.3, 0.4) is 0 Å². The van der Waals surface area contributed by atoms with E-state index in [0.717, 1.165) is 12.1 Å². The number of nitrogens with one attached hydrogen (secondary N) is 1. The summed E-state index contributed by atoms with van der Waals surface area (Å²) < 4.78 is 37.7. The molecular formula is C11H12F3NO2. The standard InChI is InChI=1S/C11H12F3NO2/c1-7(16)6-15-10(17)8-4-2-3-5-9(8)11(12,13)14/h2-5,7,16H,6H2,1H3,(H,15,17)/t7-/m1/s1. The fourth-order valence-corrected chi connectivity index (χ4v) is 1.26. The molecule has 0 unspecified atom stereocenters. The Hall–Kier alpha value is -1.56. The number of rotatable bonds is 3. The first-order valence-corrected chi connectivity index (χ1v) is 4.95. The summed E-state index contributed by atoms with van der Waals surface area (Å²) in [6, 6.07) is 4.51. The summed E-state index contributed by atoms with van der Waals surface area (Å²) in [5.41, 5.74) is -1.43. The fraction of sp³-hybridized carbons (Fsp3) is 0.364. The van der Waals surface area contributed by atoms with Gasteiger partial charge in [0.1, 0.15) is 0 Å². The molecule has 1 atom stereocenters. The number of carbonyl (C=O) groups excluding carboxylic acids is 1. The Bertz CT molecular complexity index is 402. The Morgan fingerprint density at radius 1 is 1.41 bits per heavy atom. The summed E-state index contributed by atoms with van der Waals surface area (Å²) >= 11 is 0. The molecule has 0 bridgehead atoms. The number of alkyl halides is 3. The predicted molar refractivity (Wildman–Crippen MR) is 55.5 cm³/mol. The van der Waals surface area contributed by atoms with Crippen LogP contribution in [0.1, 0.15) is 22.8 Å². The number of aliphatic hydroxyl groups is 1. The summed E-state index contributed by atoms with van der Waals surface area (Å²) in [6.07, 6.45) is -5.38. The van der Waals surface area contributed by atoms with E-state index >= 15 is 0 Å². The largest absolute Gasteiger partial charge is 0.417 e. The van der Waals surface area contributed by atoms with E-state index in [4.69, 9.17) is 5.11 Å². The lowest BCUT2D eigenvalue weighted by molar-refractivity contribution is -0.137. The summed E-state index contributed by atoms with van der Waals surface area (Å²) in [5.74, 6) is -0.848. The summed E-state index contributed by atoms with van der Waals surface area (Å²) in [6.45, 7) is 1.33. The van der Waals surface area contributed by atoms with Crippen LogP contribution in [0.2, 0.25) is 0 Å². The van der Waals surface area contributed by atoms with E-state index in [2.05, 4.69) is 5.32 Å². The van der Waals surface area contributed by atoms with Crippen molar-refractivity contribution >= 4 is 5.91 Å². The molecule has 0 heterocycles. The lowest BCUT2D eigenvalue weighted by Crippen LogP contribution is -2.32. The minimum Gasteiger partial charge on any atom is -0.392 e. The molecule has 0 saturated heterocycles. The van der Waals surface area contributed by atoms with Gasteiger partial charge in [-0.25, -0.2) is 0 Å². The highest BCUT2D eigenvalue weighted by Gasteiger charge is 2.34. The molecule has 0 spiro atoms. The van der Waals surface area contributed by atoms with Crippen molar-refractivity contribution in [2.45, 2.75) is 19.2 Å². The molecule has 0 aliphatic rings. The van der Waals surface area contributed by atoms with Gasteiger partial charge in [-0.2, -0.15) is 13.2 Å². The number of hydrogen-bond acceptors (Lipinski definition) is 2. The molecule has 0 radical (unpaired) electrons. The zero-order chi connectivity index (χ0) is 13.1. The van der Waals surface area contributed by atoms with Gasteiger partial charge in [-0.3, -0.25) is 4.79 Å². The molecule has 0 fully saturated rings. The molecule has 0 saturated carbocycles. The van der Waals surface area contributed by atoms with Gasteiger partial charge in [0.25, 0.3) is 5.91 Å². The van der Waals surface area contributed by atoms with Gasteiger partial charge < -0.3 is 10.4 Å². The summed E-state index contributed by atoms with van der Waals surface area (Å²) in [4.78, 5) is 11.5. The molecule has 0 aromatic heterocycles. The molecule has 3 nitrogen and oxygen atoms in total. The number of halogens is 3. The molecule has 1 aromatic carbocycles. The van der Waals surface area contributed by atoms with Crippen LogP contribution in [-0.4, -0.2) is 23.7 Å². The van der Waals surface area contributed by atoms with Gasteiger partial charge in [-0.05, 0) is 19.1 Å². The van der Waals surface area contributed by atoms with Crippen molar-refractivity contribution in [1.82, 2.24) is 5.32 Å². The number of benzene rings is 1. The average molecular weight is 247 g/mol. The third-order valence-corrected chi connectivity index (χ3v) is 2.04. The van der Waals surface area contributed by atoms with Crippen molar-refractivity contribution in [3.05, 3.63) is 35.4 Å². The quantitative estimate of drug-likeness (QED) is 0.855. The van der Waals surface area contributed by atoms with E-state index < -0.39 is 29.3 Å². The normalized spacial score (nSPS) is 13.2. The molecule has 2 N–H and O–H groups in total. The van der Waals surface area contributed by atoms with Gasteiger partial charge in [0, 0.05) is 6.54 Å². The molecule has 94 valence electrons. The van der Waals surface area contributed by atoms with Gasteiger partial charge in [0.15, 0.2) is 0 Å². The Morgan fingerprint density at radius 2 is 2.00 bits per heavy atom. The smallest absolute Gasteiger partial charge is 0.392 e. The Labute approximate surface area is 96.3 Å². The maximum Gasteiger partial charge on any atom is 0.417 e. The Balaban J connectivity index is 2.94. The van der Waals surface area contributed by atoms with E-state index in [1.807, 2.05) is 0 Å². The zero-order valence-electron chi connectivity index (χ0n) is 9.08. The van der Waals surface area contributed by atoms with Crippen molar-refractivity contribution in [2.24, 2.45) is 0 Å². The number of hydrogen-bond donors (Lipinski definition) is 2. The fourth-order valence-electron chi connectivity index (χ4n) is 1.26. The van der Waals surface area contributed by atoms with E-state index in [-0.39, 0.29) is 6.54 Å². The van der Waals surface area contributed by atoms with Crippen molar-refractivity contribution in [3.8, 4) is 0 Å². The van der Waals surface area contributed by atoms with Crippen molar-refractivity contribution < 1.29 is 23.1 Å². The molecule has 0 aliphatic heterocycles. The average Bonchev–Trinajstić information content (AvgIpc) is 2.24. The monoisotopic (exact) mass is 247 g/mol. The minimum absolute atomic E-state index is 0.0922. The van der Waals surface area contributed by atoms with Crippen LogP contribution < -0.4 is 5.32 Å². The molecule has 6 heteroatoms. The van der Waals surface area contributed by atoms with Crippen LogP contribution in [0.15, 0.2) is 24.3 Å². The van der Waals surface area contributed by atoms with E-state index in [0.29, 0.717) is 0 Å². The van der Waals surface area contributed by atoms with Gasteiger partial charge >= 0.3 is 6.18 Å². The highest BCUT2D eigenvalue weighted by molar-refractivity contribution is 5.95. The summed E-state index contributed by atoms with van der Waals surface area (Å²) in [7, 11) is 0. The molecule has 17 heavy (non-hydrogen) atoms. The van der Waals surface area contributed by atoms with E-state index in [9.17, 15) is 18.0 Å². The second kappa shape index (κ2) is 5.18. The first-order chi connectivity index (χ1) is 7.82. The molecule has 1 amide bonds. The number of amides is 1. The van der Waals surface area contributed by atoms with Crippen LogP contribution >= 0.6 is 0 Å². The van der Waals surface area contributed by atoms with E-state index in [1.165, 1.54) is 19.1 Å². The van der Waals surface area contributed by atoms with Crippen molar-refractivity contribution in [1.29, 1.82) is 0 Å². The van der Waals surface area contributed by atoms with Gasteiger partial charge in [-0.15, -0.1) is 0 Å². The molecule has 0 aliphatic carbocycles. The van der Waals surface area contributed by atoms with Crippen molar-refractivity contribution in [3.63, 3.8) is 0 Å². The molecule has 1 aromatic rings.